The van der Waals surface area contributed by atoms with Crippen LogP contribution in [-0.4, -0.2) is 40.2 Å². The van der Waals surface area contributed by atoms with Crippen LogP contribution < -0.4 is 4.74 Å². The number of amides is 1. The summed E-state index contributed by atoms with van der Waals surface area (Å²) >= 11 is 0. The minimum Gasteiger partial charge on any atom is -0.488 e. The monoisotopic (exact) mass is 434 g/mol. The minimum atomic E-state index is -0.571. The summed E-state index contributed by atoms with van der Waals surface area (Å²) in [5.41, 5.74) is -0.499. The van der Waals surface area contributed by atoms with Gasteiger partial charge in [0.05, 0.1) is 17.0 Å². The molecular weight excluding hydrogens is 396 g/mol. The van der Waals surface area contributed by atoms with Gasteiger partial charge in [-0.1, -0.05) is 40.2 Å². The molecule has 0 spiro atoms. The van der Waals surface area contributed by atoms with E-state index in [1.54, 1.807) is 17.0 Å². The van der Waals surface area contributed by atoms with Gasteiger partial charge in [0.1, 0.15) is 17.5 Å². The Kier molecular flexibility index (Phi) is 7.95. The Balaban J connectivity index is 2.33. The third kappa shape index (κ3) is 7.11. The third-order valence-electron chi connectivity index (χ3n) is 5.91. The number of hydrogen-bond acceptors (Lipinski definition) is 5. The molecule has 0 aromatic heterocycles. The molecule has 1 saturated heterocycles. The van der Waals surface area contributed by atoms with Crippen molar-refractivity contribution in [1.82, 2.24) is 4.90 Å². The summed E-state index contributed by atoms with van der Waals surface area (Å²) in [4.78, 5) is 25.4. The number of hydrogen-bond donors (Lipinski definition) is 0. The van der Waals surface area contributed by atoms with E-state index in [2.05, 4.69) is 27.7 Å². The van der Waals surface area contributed by atoms with Crippen molar-refractivity contribution < 1.29 is 19.2 Å². The van der Waals surface area contributed by atoms with E-state index in [4.69, 9.17) is 9.47 Å². The molecule has 174 valence electrons. The predicted molar refractivity (Wildman–Crippen MR) is 121 cm³/mol. The normalized spacial score (nSPS) is 19.1. The van der Waals surface area contributed by atoms with Crippen LogP contribution in [0.3, 0.4) is 0 Å². The third-order valence-corrected chi connectivity index (χ3v) is 5.91. The van der Waals surface area contributed by atoms with E-state index in [1.165, 1.54) is 12.1 Å². The van der Waals surface area contributed by atoms with Crippen LogP contribution in [-0.2, 0) is 4.74 Å². The van der Waals surface area contributed by atoms with Crippen molar-refractivity contribution in [2.24, 2.45) is 11.3 Å². The standard InChI is InChI=1S/C24H38N2O5/c1-8-17(23(2,3)4)15-21(30-19-12-9-11-18(16-19)26(28)29)20-13-10-14-25(20)22(27)31-24(5,6)7/h9,11-12,16-17,20-21H,8,10,13-15H2,1-7H3/t17?,20-,21?/m0/s1. The van der Waals surface area contributed by atoms with Gasteiger partial charge in [-0.15, -0.1) is 0 Å². The first-order chi connectivity index (χ1) is 14.3. The smallest absolute Gasteiger partial charge is 0.410 e. The van der Waals surface area contributed by atoms with Crippen molar-refractivity contribution in [3.05, 3.63) is 34.4 Å². The summed E-state index contributed by atoms with van der Waals surface area (Å²) in [6.07, 6.45) is 2.83. The Labute approximate surface area is 186 Å². The van der Waals surface area contributed by atoms with Gasteiger partial charge in [0, 0.05) is 12.6 Å². The Hall–Kier alpha value is -2.31. The van der Waals surface area contributed by atoms with Gasteiger partial charge in [-0.25, -0.2) is 4.79 Å². The number of ether oxygens (including phenoxy) is 2. The van der Waals surface area contributed by atoms with Crippen molar-refractivity contribution in [3.63, 3.8) is 0 Å². The summed E-state index contributed by atoms with van der Waals surface area (Å²) in [6, 6.07) is 6.15. The van der Waals surface area contributed by atoms with Gasteiger partial charge in [0.15, 0.2) is 0 Å². The number of carbonyl (C=O) groups is 1. The molecule has 0 N–H and O–H groups in total. The average molecular weight is 435 g/mol. The van der Waals surface area contributed by atoms with Crippen LogP contribution >= 0.6 is 0 Å². The first-order valence-electron chi connectivity index (χ1n) is 11.2. The number of benzene rings is 1. The molecule has 0 radical (unpaired) electrons. The SMILES string of the molecule is CCC(CC(Oc1cccc([N+](=O)[O-])c1)[C@@H]1CCCN1C(=O)OC(C)(C)C)C(C)(C)C. The second-order valence-electron chi connectivity index (χ2n) is 10.5. The predicted octanol–water partition coefficient (Wildman–Crippen LogP) is 6.20. The maximum absolute atomic E-state index is 12.9. The average Bonchev–Trinajstić information content (AvgIpc) is 3.12. The van der Waals surface area contributed by atoms with Crippen LogP contribution in [0, 0.1) is 21.4 Å². The number of carbonyl (C=O) groups excluding carboxylic acids is 1. The molecule has 0 aliphatic carbocycles. The quantitative estimate of drug-likeness (QED) is 0.377. The Morgan fingerprint density at radius 2 is 1.94 bits per heavy atom. The van der Waals surface area contributed by atoms with E-state index in [0.717, 1.165) is 25.7 Å². The minimum absolute atomic E-state index is 0.00506. The maximum atomic E-state index is 12.9. The zero-order valence-electron chi connectivity index (χ0n) is 20.0. The fourth-order valence-corrected chi connectivity index (χ4v) is 4.27. The largest absolute Gasteiger partial charge is 0.488 e. The van der Waals surface area contributed by atoms with E-state index in [9.17, 15) is 14.9 Å². The van der Waals surface area contributed by atoms with Crippen LogP contribution in [0.15, 0.2) is 24.3 Å². The van der Waals surface area contributed by atoms with Gasteiger partial charge >= 0.3 is 6.09 Å². The lowest BCUT2D eigenvalue weighted by molar-refractivity contribution is -0.385. The highest BCUT2D eigenvalue weighted by Crippen LogP contribution is 2.37. The van der Waals surface area contributed by atoms with Crippen molar-refractivity contribution >= 4 is 11.8 Å². The lowest BCUT2D eigenvalue weighted by atomic mass is 9.75. The molecule has 7 nitrogen and oxygen atoms in total. The first kappa shape index (κ1) is 25.0. The molecule has 3 atom stereocenters. The molecule has 1 aliphatic rings. The molecule has 2 unspecified atom stereocenters. The molecule has 0 bridgehead atoms. The summed E-state index contributed by atoms with van der Waals surface area (Å²) in [5, 5.41) is 11.2. The van der Waals surface area contributed by atoms with Crippen LogP contribution in [0.1, 0.15) is 74.1 Å². The zero-order chi connectivity index (χ0) is 23.4. The first-order valence-corrected chi connectivity index (χ1v) is 11.2. The fourth-order valence-electron chi connectivity index (χ4n) is 4.27. The number of rotatable bonds is 7. The lowest BCUT2D eigenvalue weighted by Gasteiger charge is -2.38. The molecule has 1 amide bonds. The summed E-state index contributed by atoms with van der Waals surface area (Å²) in [7, 11) is 0. The molecule has 1 aromatic rings. The van der Waals surface area contributed by atoms with Crippen LogP contribution in [0.25, 0.3) is 0 Å². The van der Waals surface area contributed by atoms with Crippen molar-refractivity contribution in [1.29, 1.82) is 0 Å². The highest BCUT2D eigenvalue weighted by atomic mass is 16.6. The molecule has 0 saturated carbocycles. The highest BCUT2D eigenvalue weighted by molar-refractivity contribution is 5.69. The topological polar surface area (TPSA) is 81.9 Å². The van der Waals surface area contributed by atoms with Crippen LogP contribution in [0.5, 0.6) is 5.75 Å². The number of nitro groups is 1. The number of non-ortho nitro benzene ring substituents is 1. The Morgan fingerprint density at radius 3 is 2.48 bits per heavy atom. The van der Waals surface area contributed by atoms with Crippen molar-refractivity contribution in [2.75, 3.05) is 6.54 Å². The molecule has 1 aromatic carbocycles. The summed E-state index contributed by atoms with van der Waals surface area (Å²) in [6.45, 7) is 15.0. The molecule has 7 heteroatoms. The molecule has 1 heterocycles. The van der Waals surface area contributed by atoms with Gasteiger partial charge in [0.2, 0.25) is 0 Å². The molecular formula is C24H38N2O5. The van der Waals surface area contributed by atoms with E-state index >= 15 is 0 Å². The van der Waals surface area contributed by atoms with Crippen LogP contribution in [0.4, 0.5) is 10.5 Å². The summed E-state index contributed by atoms with van der Waals surface area (Å²) in [5.74, 6) is 0.830. The second kappa shape index (κ2) is 9.88. The highest BCUT2D eigenvalue weighted by Gasteiger charge is 2.40. The van der Waals surface area contributed by atoms with Gasteiger partial charge in [0.25, 0.3) is 5.69 Å². The van der Waals surface area contributed by atoms with Crippen LogP contribution in [0.2, 0.25) is 0 Å². The molecule has 2 rings (SSSR count). The van der Waals surface area contributed by atoms with Crippen molar-refractivity contribution in [3.8, 4) is 5.75 Å². The number of nitrogens with zero attached hydrogens (tertiary/aromatic N) is 2. The fraction of sp³-hybridized carbons (Fsp3) is 0.708. The van der Waals surface area contributed by atoms with Gasteiger partial charge < -0.3 is 14.4 Å². The molecule has 1 fully saturated rings. The van der Waals surface area contributed by atoms with Gasteiger partial charge in [-0.3, -0.25) is 10.1 Å². The Bertz CT molecular complexity index is 766. The lowest BCUT2D eigenvalue weighted by Crippen LogP contribution is -2.48. The zero-order valence-corrected chi connectivity index (χ0v) is 20.0. The summed E-state index contributed by atoms with van der Waals surface area (Å²) < 4.78 is 12.0. The molecule has 1 aliphatic heterocycles. The van der Waals surface area contributed by atoms with Gasteiger partial charge in [-0.05, 0) is 57.4 Å². The second-order valence-corrected chi connectivity index (χ2v) is 10.5. The number of likely N-dealkylation sites (tertiary alicyclic amines) is 1. The maximum Gasteiger partial charge on any atom is 0.410 e. The van der Waals surface area contributed by atoms with E-state index in [1.807, 2.05) is 20.8 Å². The van der Waals surface area contributed by atoms with E-state index in [-0.39, 0.29) is 29.3 Å². The van der Waals surface area contributed by atoms with Crippen molar-refractivity contribution in [2.45, 2.75) is 91.9 Å². The Morgan fingerprint density at radius 1 is 1.26 bits per heavy atom. The van der Waals surface area contributed by atoms with Gasteiger partial charge in [-0.2, -0.15) is 0 Å². The van der Waals surface area contributed by atoms with E-state index in [0.29, 0.717) is 18.2 Å². The number of nitro benzene ring substituents is 1. The van der Waals surface area contributed by atoms with E-state index < -0.39 is 10.5 Å². The molecule has 31 heavy (non-hydrogen) atoms.